The second-order valence-corrected chi connectivity index (χ2v) is 5.74. The fourth-order valence-corrected chi connectivity index (χ4v) is 3.12. The average molecular weight is 294 g/mol. The van der Waals surface area contributed by atoms with Crippen molar-refractivity contribution in [3.05, 3.63) is 53.6 Å². The van der Waals surface area contributed by atoms with Crippen LogP contribution in [0.4, 0.5) is 5.69 Å². The Labute approximate surface area is 129 Å². The predicted molar refractivity (Wildman–Crippen MR) is 86.1 cm³/mol. The molecular formula is C18H18N2O2. The third-order valence-electron chi connectivity index (χ3n) is 4.35. The monoisotopic (exact) mass is 294 g/mol. The number of piperazine rings is 1. The molecule has 1 saturated heterocycles. The number of hydrogen-bond donors (Lipinski definition) is 1. The topological polar surface area (TPSA) is 41.6 Å². The number of hydrogen-bond acceptors (Lipinski definition) is 4. The highest BCUT2D eigenvalue weighted by Crippen LogP contribution is 2.29. The summed E-state index contributed by atoms with van der Waals surface area (Å²) in [5.74, 6) is -0.212. The van der Waals surface area contributed by atoms with Gasteiger partial charge in [-0.2, -0.15) is 0 Å². The van der Waals surface area contributed by atoms with Gasteiger partial charge in [0.05, 0.1) is 5.56 Å². The van der Waals surface area contributed by atoms with Crippen LogP contribution in [0.5, 0.6) is 0 Å². The van der Waals surface area contributed by atoms with Crippen LogP contribution >= 0.6 is 0 Å². The van der Waals surface area contributed by atoms with Crippen molar-refractivity contribution in [1.82, 2.24) is 5.32 Å². The van der Waals surface area contributed by atoms with Crippen molar-refractivity contribution in [3.8, 4) is 11.1 Å². The van der Waals surface area contributed by atoms with Gasteiger partial charge in [-0.1, -0.05) is 18.2 Å². The van der Waals surface area contributed by atoms with E-state index in [1.54, 1.807) is 0 Å². The molecule has 0 unspecified atom stereocenters. The molecule has 2 aliphatic rings. The van der Waals surface area contributed by atoms with Crippen LogP contribution in [0.2, 0.25) is 0 Å². The molecule has 0 spiro atoms. The van der Waals surface area contributed by atoms with E-state index in [9.17, 15) is 4.79 Å². The van der Waals surface area contributed by atoms with Crippen molar-refractivity contribution in [2.75, 3.05) is 31.1 Å². The Balaban J connectivity index is 1.66. The number of cyclic esters (lactones) is 1. The number of ether oxygens (including phenoxy) is 1. The number of carbonyl (C=O) groups is 1. The van der Waals surface area contributed by atoms with Gasteiger partial charge in [0, 0.05) is 37.4 Å². The molecule has 2 heterocycles. The maximum atomic E-state index is 11.5. The summed E-state index contributed by atoms with van der Waals surface area (Å²) in [6.07, 6.45) is 0. The third-order valence-corrected chi connectivity index (χ3v) is 4.35. The van der Waals surface area contributed by atoms with Gasteiger partial charge >= 0.3 is 5.97 Å². The SMILES string of the molecule is O=C1OCc2cc(-c3cccc(N4CCNCC4)c3)ccc21. The van der Waals surface area contributed by atoms with E-state index >= 15 is 0 Å². The molecule has 0 radical (unpaired) electrons. The number of rotatable bonds is 2. The zero-order valence-electron chi connectivity index (χ0n) is 12.3. The Hall–Kier alpha value is -2.33. The van der Waals surface area contributed by atoms with Crippen LogP contribution < -0.4 is 10.2 Å². The molecule has 0 bridgehead atoms. The maximum Gasteiger partial charge on any atom is 0.338 e. The van der Waals surface area contributed by atoms with Gasteiger partial charge in [0.15, 0.2) is 0 Å². The summed E-state index contributed by atoms with van der Waals surface area (Å²) in [5, 5.41) is 3.38. The van der Waals surface area contributed by atoms with Crippen molar-refractivity contribution in [3.63, 3.8) is 0 Å². The number of nitrogens with one attached hydrogen (secondary N) is 1. The second-order valence-electron chi connectivity index (χ2n) is 5.74. The fraction of sp³-hybridized carbons (Fsp3) is 0.278. The fourth-order valence-electron chi connectivity index (χ4n) is 3.12. The van der Waals surface area contributed by atoms with Crippen LogP contribution in [-0.2, 0) is 11.3 Å². The van der Waals surface area contributed by atoms with Crippen molar-refractivity contribution in [2.45, 2.75) is 6.61 Å². The molecule has 2 aliphatic heterocycles. The number of nitrogens with zero attached hydrogens (tertiary/aromatic N) is 1. The third kappa shape index (κ3) is 2.35. The second kappa shape index (κ2) is 5.46. The molecule has 4 nitrogen and oxygen atoms in total. The number of anilines is 1. The Morgan fingerprint density at radius 1 is 1.00 bits per heavy atom. The molecule has 0 aliphatic carbocycles. The van der Waals surface area contributed by atoms with Crippen LogP contribution in [-0.4, -0.2) is 32.1 Å². The average Bonchev–Trinajstić information content (AvgIpc) is 2.96. The first-order valence-corrected chi connectivity index (χ1v) is 7.67. The summed E-state index contributed by atoms with van der Waals surface area (Å²) in [4.78, 5) is 13.9. The van der Waals surface area contributed by atoms with Gasteiger partial charge in [-0.15, -0.1) is 0 Å². The minimum Gasteiger partial charge on any atom is -0.457 e. The summed E-state index contributed by atoms with van der Waals surface area (Å²) >= 11 is 0. The lowest BCUT2D eigenvalue weighted by Gasteiger charge is -2.29. The molecule has 2 aromatic carbocycles. The largest absolute Gasteiger partial charge is 0.457 e. The van der Waals surface area contributed by atoms with Crippen molar-refractivity contribution in [1.29, 1.82) is 0 Å². The number of esters is 1. The summed E-state index contributed by atoms with van der Waals surface area (Å²) in [6, 6.07) is 14.5. The minimum atomic E-state index is -0.212. The molecular weight excluding hydrogens is 276 g/mol. The maximum absolute atomic E-state index is 11.5. The lowest BCUT2D eigenvalue weighted by Crippen LogP contribution is -2.43. The van der Waals surface area contributed by atoms with Crippen molar-refractivity contribution in [2.24, 2.45) is 0 Å². The Morgan fingerprint density at radius 2 is 1.82 bits per heavy atom. The van der Waals surface area contributed by atoms with E-state index in [4.69, 9.17) is 4.74 Å². The van der Waals surface area contributed by atoms with Gasteiger partial charge in [-0.25, -0.2) is 4.79 Å². The molecule has 0 aromatic heterocycles. The van der Waals surface area contributed by atoms with E-state index in [-0.39, 0.29) is 5.97 Å². The quantitative estimate of drug-likeness (QED) is 0.864. The van der Waals surface area contributed by atoms with E-state index in [0.29, 0.717) is 12.2 Å². The highest BCUT2D eigenvalue weighted by Gasteiger charge is 2.21. The molecule has 4 heteroatoms. The van der Waals surface area contributed by atoms with Crippen LogP contribution in [0, 0.1) is 0 Å². The predicted octanol–water partition coefficient (Wildman–Crippen LogP) is 2.43. The first-order chi connectivity index (χ1) is 10.8. The molecule has 0 saturated carbocycles. The smallest absolute Gasteiger partial charge is 0.338 e. The van der Waals surface area contributed by atoms with Gasteiger partial charge in [0.2, 0.25) is 0 Å². The van der Waals surface area contributed by atoms with E-state index in [2.05, 4.69) is 40.5 Å². The summed E-state index contributed by atoms with van der Waals surface area (Å²) in [6.45, 7) is 4.52. The van der Waals surface area contributed by atoms with E-state index in [1.165, 1.54) is 11.3 Å². The zero-order valence-corrected chi connectivity index (χ0v) is 12.3. The van der Waals surface area contributed by atoms with Crippen LogP contribution in [0.25, 0.3) is 11.1 Å². The first kappa shape index (κ1) is 13.3. The Kier molecular flexibility index (Phi) is 3.31. The van der Waals surface area contributed by atoms with Gasteiger partial charge in [-0.3, -0.25) is 0 Å². The summed E-state index contributed by atoms with van der Waals surface area (Å²) in [5.41, 5.74) is 5.25. The van der Waals surface area contributed by atoms with Gasteiger partial charge in [0.25, 0.3) is 0 Å². The lowest BCUT2D eigenvalue weighted by atomic mass is 10.00. The molecule has 2 aromatic rings. The molecule has 112 valence electrons. The molecule has 22 heavy (non-hydrogen) atoms. The minimum absolute atomic E-state index is 0.212. The Morgan fingerprint density at radius 3 is 2.68 bits per heavy atom. The molecule has 0 atom stereocenters. The lowest BCUT2D eigenvalue weighted by molar-refractivity contribution is 0.0535. The zero-order chi connectivity index (χ0) is 14.9. The molecule has 4 rings (SSSR count). The molecule has 1 fully saturated rings. The van der Waals surface area contributed by atoms with E-state index in [1.807, 2.05) is 12.1 Å². The van der Waals surface area contributed by atoms with Crippen molar-refractivity contribution < 1.29 is 9.53 Å². The number of fused-ring (bicyclic) bond motifs is 1. The number of benzene rings is 2. The number of carbonyl (C=O) groups excluding carboxylic acids is 1. The van der Waals surface area contributed by atoms with Crippen molar-refractivity contribution >= 4 is 11.7 Å². The van der Waals surface area contributed by atoms with Gasteiger partial charge in [-0.05, 0) is 35.4 Å². The van der Waals surface area contributed by atoms with E-state index < -0.39 is 0 Å². The van der Waals surface area contributed by atoms with Gasteiger partial charge in [0.1, 0.15) is 6.61 Å². The van der Waals surface area contributed by atoms with E-state index in [0.717, 1.165) is 37.3 Å². The highest BCUT2D eigenvalue weighted by atomic mass is 16.5. The van der Waals surface area contributed by atoms with Crippen LogP contribution in [0.1, 0.15) is 15.9 Å². The molecule has 0 amide bonds. The normalized spacial score (nSPS) is 17.3. The summed E-state index contributed by atoms with van der Waals surface area (Å²) in [7, 11) is 0. The first-order valence-electron chi connectivity index (χ1n) is 7.67. The highest BCUT2D eigenvalue weighted by molar-refractivity contribution is 5.94. The Bertz CT molecular complexity index is 721. The summed E-state index contributed by atoms with van der Waals surface area (Å²) < 4.78 is 5.08. The molecule has 1 N–H and O–H groups in total. The van der Waals surface area contributed by atoms with Gasteiger partial charge < -0.3 is 15.0 Å². The van der Waals surface area contributed by atoms with Crippen LogP contribution in [0.15, 0.2) is 42.5 Å². The standard InChI is InChI=1S/C18H18N2O2/c21-18-17-5-4-14(10-15(17)12-22-18)13-2-1-3-16(11-13)20-8-6-19-7-9-20/h1-5,10-11,19H,6-9,12H2. The van der Waals surface area contributed by atoms with Crippen LogP contribution in [0.3, 0.4) is 0 Å².